The SMILES string of the molecule is CNC(c1cccc(C2CCC2)c1)C(OC)OC. The van der Waals surface area contributed by atoms with Gasteiger partial charge in [0.15, 0.2) is 6.29 Å². The Balaban J connectivity index is 2.19. The summed E-state index contributed by atoms with van der Waals surface area (Å²) in [4.78, 5) is 0. The lowest BCUT2D eigenvalue weighted by molar-refractivity contribution is -0.123. The van der Waals surface area contributed by atoms with Crippen molar-refractivity contribution in [2.75, 3.05) is 21.3 Å². The van der Waals surface area contributed by atoms with Crippen LogP contribution in [0.3, 0.4) is 0 Å². The van der Waals surface area contributed by atoms with Crippen LogP contribution in [0.25, 0.3) is 0 Å². The minimum atomic E-state index is -0.258. The smallest absolute Gasteiger partial charge is 0.176 e. The summed E-state index contributed by atoms with van der Waals surface area (Å²) >= 11 is 0. The number of likely N-dealkylation sites (N-methyl/N-ethyl adjacent to an activating group) is 1. The van der Waals surface area contributed by atoms with Crippen molar-refractivity contribution in [1.29, 1.82) is 0 Å². The number of benzene rings is 1. The molecule has 18 heavy (non-hydrogen) atoms. The van der Waals surface area contributed by atoms with Gasteiger partial charge in [0, 0.05) is 14.2 Å². The standard InChI is InChI=1S/C15H23NO2/c1-16-14(15(17-2)18-3)13-9-5-8-12(10-13)11-6-4-7-11/h5,8-11,14-16H,4,6-7H2,1-3H3. The fourth-order valence-electron chi connectivity index (χ4n) is 2.58. The highest BCUT2D eigenvalue weighted by atomic mass is 16.7. The lowest BCUT2D eigenvalue weighted by atomic mass is 9.79. The molecule has 0 radical (unpaired) electrons. The second-order valence-corrected chi connectivity index (χ2v) is 4.90. The first-order valence-electron chi connectivity index (χ1n) is 6.63. The van der Waals surface area contributed by atoms with E-state index >= 15 is 0 Å². The molecule has 0 saturated heterocycles. The van der Waals surface area contributed by atoms with Crippen molar-refractivity contribution in [3.8, 4) is 0 Å². The molecular formula is C15H23NO2. The monoisotopic (exact) mass is 249 g/mol. The van der Waals surface area contributed by atoms with Crippen molar-refractivity contribution in [2.45, 2.75) is 37.5 Å². The molecule has 0 bridgehead atoms. The highest BCUT2D eigenvalue weighted by molar-refractivity contribution is 5.30. The van der Waals surface area contributed by atoms with Gasteiger partial charge in [0.2, 0.25) is 0 Å². The molecule has 1 saturated carbocycles. The van der Waals surface area contributed by atoms with Crippen LogP contribution in [-0.2, 0) is 9.47 Å². The van der Waals surface area contributed by atoms with Gasteiger partial charge in [0.05, 0.1) is 6.04 Å². The molecule has 1 aromatic carbocycles. The van der Waals surface area contributed by atoms with E-state index in [1.54, 1.807) is 14.2 Å². The van der Waals surface area contributed by atoms with Gasteiger partial charge in [-0.05, 0) is 36.9 Å². The van der Waals surface area contributed by atoms with Crippen LogP contribution < -0.4 is 5.32 Å². The first-order valence-corrected chi connectivity index (χ1v) is 6.63. The van der Waals surface area contributed by atoms with E-state index in [9.17, 15) is 0 Å². The van der Waals surface area contributed by atoms with Crippen LogP contribution in [0.1, 0.15) is 42.3 Å². The third kappa shape index (κ3) is 2.74. The summed E-state index contributed by atoms with van der Waals surface area (Å²) in [6.45, 7) is 0. The summed E-state index contributed by atoms with van der Waals surface area (Å²) in [6.07, 6.45) is 3.76. The first kappa shape index (κ1) is 13.5. The number of hydrogen-bond acceptors (Lipinski definition) is 3. The third-order valence-corrected chi connectivity index (χ3v) is 3.89. The van der Waals surface area contributed by atoms with Crippen LogP contribution in [0.4, 0.5) is 0 Å². The molecule has 1 aliphatic carbocycles. The fourth-order valence-corrected chi connectivity index (χ4v) is 2.58. The molecule has 100 valence electrons. The topological polar surface area (TPSA) is 30.5 Å². The summed E-state index contributed by atoms with van der Waals surface area (Å²) in [5.41, 5.74) is 2.68. The first-order chi connectivity index (χ1) is 8.80. The van der Waals surface area contributed by atoms with E-state index in [1.165, 1.54) is 30.4 Å². The molecule has 1 aliphatic rings. The van der Waals surface area contributed by atoms with Gasteiger partial charge in [-0.1, -0.05) is 30.7 Å². The zero-order chi connectivity index (χ0) is 13.0. The average Bonchev–Trinajstić information content (AvgIpc) is 2.34. The van der Waals surface area contributed by atoms with Crippen LogP contribution in [0.2, 0.25) is 0 Å². The maximum Gasteiger partial charge on any atom is 0.176 e. The number of hydrogen-bond donors (Lipinski definition) is 1. The van der Waals surface area contributed by atoms with Gasteiger partial charge in [0.25, 0.3) is 0 Å². The molecule has 1 aromatic rings. The molecule has 0 aliphatic heterocycles. The second-order valence-electron chi connectivity index (χ2n) is 4.90. The van der Waals surface area contributed by atoms with Gasteiger partial charge in [-0.3, -0.25) is 0 Å². The van der Waals surface area contributed by atoms with Crippen LogP contribution in [0.15, 0.2) is 24.3 Å². The molecule has 2 rings (SSSR count). The molecule has 1 unspecified atom stereocenters. The van der Waals surface area contributed by atoms with Gasteiger partial charge in [-0.25, -0.2) is 0 Å². The lowest BCUT2D eigenvalue weighted by Crippen LogP contribution is -2.32. The Morgan fingerprint density at radius 1 is 1.22 bits per heavy atom. The fraction of sp³-hybridized carbons (Fsp3) is 0.600. The van der Waals surface area contributed by atoms with Crippen LogP contribution in [0.5, 0.6) is 0 Å². The highest BCUT2D eigenvalue weighted by Crippen LogP contribution is 2.37. The number of methoxy groups -OCH3 is 2. The lowest BCUT2D eigenvalue weighted by Gasteiger charge is -2.28. The quantitative estimate of drug-likeness (QED) is 0.786. The van der Waals surface area contributed by atoms with Crippen LogP contribution in [-0.4, -0.2) is 27.6 Å². The Hall–Kier alpha value is -0.900. The Kier molecular flexibility index (Phi) is 4.75. The second kappa shape index (κ2) is 6.32. The van der Waals surface area contributed by atoms with Crippen molar-refractivity contribution >= 4 is 0 Å². The van der Waals surface area contributed by atoms with Crippen molar-refractivity contribution in [1.82, 2.24) is 5.32 Å². The molecule has 3 heteroatoms. The van der Waals surface area contributed by atoms with Crippen LogP contribution in [0, 0.1) is 0 Å². The van der Waals surface area contributed by atoms with Gasteiger partial charge < -0.3 is 14.8 Å². The Labute approximate surface area is 109 Å². The highest BCUT2D eigenvalue weighted by Gasteiger charge is 2.24. The largest absolute Gasteiger partial charge is 0.354 e. The minimum absolute atomic E-state index is 0.0695. The number of nitrogens with one attached hydrogen (secondary N) is 1. The Bertz CT molecular complexity index is 373. The van der Waals surface area contributed by atoms with Gasteiger partial charge in [-0.2, -0.15) is 0 Å². The summed E-state index contributed by atoms with van der Waals surface area (Å²) in [5, 5.41) is 3.27. The van der Waals surface area contributed by atoms with Crippen LogP contribution >= 0.6 is 0 Å². The molecule has 1 fully saturated rings. The summed E-state index contributed by atoms with van der Waals surface area (Å²) in [7, 11) is 5.29. The molecule has 1 N–H and O–H groups in total. The molecule has 3 nitrogen and oxygen atoms in total. The van der Waals surface area contributed by atoms with E-state index in [2.05, 4.69) is 29.6 Å². The average molecular weight is 249 g/mol. The number of rotatable bonds is 6. The van der Waals surface area contributed by atoms with Crippen molar-refractivity contribution < 1.29 is 9.47 Å². The van der Waals surface area contributed by atoms with E-state index < -0.39 is 0 Å². The minimum Gasteiger partial charge on any atom is -0.354 e. The molecule has 0 heterocycles. The predicted octanol–water partition coefficient (Wildman–Crippen LogP) is 2.83. The Morgan fingerprint density at radius 3 is 2.44 bits per heavy atom. The number of ether oxygens (including phenoxy) is 2. The van der Waals surface area contributed by atoms with Crippen molar-refractivity contribution in [2.24, 2.45) is 0 Å². The molecule has 1 atom stereocenters. The summed E-state index contributed by atoms with van der Waals surface area (Å²) in [5.74, 6) is 0.756. The zero-order valence-electron chi connectivity index (χ0n) is 11.5. The van der Waals surface area contributed by atoms with Gasteiger partial charge in [-0.15, -0.1) is 0 Å². The maximum atomic E-state index is 5.36. The normalized spacial score (nSPS) is 17.8. The summed E-state index contributed by atoms with van der Waals surface area (Å²) < 4.78 is 10.7. The van der Waals surface area contributed by atoms with Gasteiger partial charge in [0.1, 0.15) is 0 Å². The van der Waals surface area contributed by atoms with E-state index in [0.717, 1.165) is 5.92 Å². The predicted molar refractivity (Wildman–Crippen MR) is 72.6 cm³/mol. The Morgan fingerprint density at radius 2 is 1.94 bits per heavy atom. The van der Waals surface area contributed by atoms with E-state index in [4.69, 9.17) is 9.47 Å². The third-order valence-electron chi connectivity index (χ3n) is 3.89. The maximum absolute atomic E-state index is 5.36. The van der Waals surface area contributed by atoms with E-state index in [0.29, 0.717) is 0 Å². The molecule has 0 amide bonds. The zero-order valence-corrected chi connectivity index (χ0v) is 11.5. The van der Waals surface area contributed by atoms with Crippen molar-refractivity contribution in [3.63, 3.8) is 0 Å². The van der Waals surface area contributed by atoms with Crippen molar-refractivity contribution in [3.05, 3.63) is 35.4 Å². The molecular weight excluding hydrogens is 226 g/mol. The summed E-state index contributed by atoms with van der Waals surface area (Å²) in [6, 6.07) is 8.86. The molecule has 0 aromatic heterocycles. The van der Waals surface area contributed by atoms with E-state index in [1.807, 2.05) is 7.05 Å². The van der Waals surface area contributed by atoms with Gasteiger partial charge >= 0.3 is 0 Å². The molecule has 0 spiro atoms. The van der Waals surface area contributed by atoms with E-state index in [-0.39, 0.29) is 12.3 Å².